The number of ether oxygens (including phenoxy) is 2. The molecule has 2 heterocycles. The summed E-state index contributed by atoms with van der Waals surface area (Å²) in [6.45, 7) is 2.39. The Morgan fingerprint density at radius 3 is 2.42 bits per heavy atom. The Labute approximate surface area is 216 Å². The first-order valence-electron chi connectivity index (χ1n) is 11.2. The number of anilines is 1. The maximum absolute atomic E-state index is 13.4. The minimum atomic E-state index is -0.890. The van der Waals surface area contributed by atoms with Crippen molar-refractivity contribution in [1.29, 1.82) is 0 Å². The van der Waals surface area contributed by atoms with Crippen molar-refractivity contribution in [1.82, 2.24) is 4.98 Å². The average molecular weight is 521 g/mol. The van der Waals surface area contributed by atoms with Gasteiger partial charge in [0.1, 0.15) is 17.3 Å². The molecule has 1 aliphatic heterocycles. The van der Waals surface area contributed by atoms with Crippen LogP contribution in [0.25, 0.3) is 16.0 Å². The first kappa shape index (κ1) is 23.8. The lowest BCUT2D eigenvalue weighted by Gasteiger charge is -2.23. The van der Waals surface area contributed by atoms with Gasteiger partial charge in [-0.25, -0.2) is 4.98 Å². The molecular formula is C27H21ClN2O5S. The number of hydrogen-bond donors (Lipinski definition) is 1. The number of aliphatic hydroxyl groups excluding tert-OH is 1. The molecule has 1 saturated heterocycles. The number of halogens is 1. The van der Waals surface area contributed by atoms with E-state index in [0.717, 1.165) is 4.70 Å². The van der Waals surface area contributed by atoms with Gasteiger partial charge in [0.15, 0.2) is 5.13 Å². The number of hydrogen-bond acceptors (Lipinski definition) is 7. The van der Waals surface area contributed by atoms with Crippen LogP contribution in [0, 0.1) is 0 Å². The molecule has 182 valence electrons. The van der Waals surface area contributed by atoms with Crippen LogP contribution in [0.15, 0.2) is 72.3 Å². The van der Waals surface area contributed by atoms with Gasteiger partial charge in [-0.1, -0.05) is 35.1 Å². The molecule has 1 fully saturated rings. The van der Waals surface area contributed by atoms with Crippen molar-refractivity contribution >= 4 is 55.7 Å². The molecular weight excluding hydrogens is 500 g/mol. The zero-order valence-corrected chi connectivity index (χ0v) is 21.0. The third kappa shape index (κ3) is 4.19. The number of ketones is 1. The number of aromatic nitrogens is 1. The molecule has 0 unspecified atom stereocenters. The molecule has 5 rings (SSSR count). The second-order valence-electron chi connectivity index (χ2n) is 8.01. The van der Waals surface area contributed by atoms with E-state index in [1.54, 1.807) is 67.8 Å². The number of aliphatic hydroxyl groups is 1. The Hall–Kier alpha value is -3.88. The topological polar surface area (TPSA) is 89.0 Å². The molecule has 0 aliphatic carbocycles. The van der Waals surface area contributed by atoms with Crippen LogP contribution < -0.4 is 14.4 Å². The fourth-order valence-electron chi connectivity index (χ4n) is 4.14. The average Bonchev–Trinajstić information content (AvgIpc) is 3.42. The maximum atomic E-state index is 13.4. The monoisotopic (exact) mass is 520 g/mol. The summed E-state index contributed by atoms with van der Waals surface area (Å²) in [6.07, 6.45) is 0. The molecule has 0 bridgehead atoms. The molecule has 0 spiro atoms. The summed E-state index contributed by atoms with van der Waals surface area (Å²) in [4.78, 5) is 32.7. The van der Waals surface area contributed by atoms with E-state index >= 15 is 0 Å². The lowest BCUT2D eigenvalue weighted by molar-refractivity contribution is -0.132. The highest BCUT2D eigenvalue weighted by atomic mass is 35.5. The summed E-state index contributed by atoms with van der Waals surface area (Å²) in [5.41, 5.74) is 1.65. The number of carbonyl (C=O) groups excluding carboxylic acids is 2. The summed E-state index contributed by atoms with van der Waals surface area (Å²) in [5.74, 6) is -0.531. The highest BCUT2D eigenvalue weighted by Crippen LogP contribution is 2.45. The van der Waals surface area contributed by atoms with Crippen molar-refractivity contribution in [3.8, 4) is 11.5 Å². The fourth-order valence-corrected chi connectivity index (χ4v) is 5.29. The largest absolute Gasteiger partial charge is 0.507 e. The third-order valence-corrected chi connectivity index (χ3v) is 7.13. The summed E-state index contributed by atoms with van der Waals surface area (Å²) in [5, 5.41) is 12.0. The Kier molecular flexibility index (Phi) is 6.38. The van der Waals surface area contributed by atoms with Gasteiger partial charge in [0.2, 0.25) is 0 Å². The van der Waals surface area contributed by atoms with Crippen LogP contribution in [0.2, 0.25) is 5.02 Å². The molecule has 0 radical (unpaired) electrons. The van der Waals surface area contributed by atoms with Crippen LogP contribution in [0.5, 0.6) is 11.5 Å². The maximum Gasteiger partial charge on any atom is 0.301 e. The summed E-state index contributed by atoms with van der Waals surface area (Å²) in [6, 6.07) is 18.0. The molecule has 1 aromatic heterocycles. The van der Waals surface area contributed by atoms with Crippen molar-refractivity contribution in [3.63, 3.8) is 0 Å². The summed E-state index contributed by atoms with van der Waals surface area (Å²) >= 11 is 7.27. The minimum absolute atomic E-state index is 0.0247. The number of thiazole rings is 1. The van der Waals surface area contributed by atoms with Crippen LogP contribution in [0.4, 0.5) is 5.13 Å². The first-order chi connectivity index (χ1) is 17.4. The van der Waals surface area contributed by atoms with Crippen LogP contribution in [-0.2, 0) is 9.59 Å². The Morgan fingerprint density at radius 2 is 1.75 bits per heavy atom. The van der Waals surface area contributed by atoms with Crippen molar-refractivity contribution in [2.45, 2.75) is 13.0 Å². The number of carbonyl (C=O) groups is 2. The number of rotatable bonds is 6. The Morgan fingerprint density at radius 1 is 1.06 bits per heavy atom. The van der Waals surface area contributed by atoms with Gasteiger partial charge in [0.05, 0.1) is 35.5 Å². The molecule has 9 heteroatoms. The zero-order chi connectivity index (χ0) is 25.4. The molecule has 3 aromatic carbocycles. The highest BCUT2D eigenvalue weighted by molar-refractivity contribution is 7.22. The Bertz CT molecular complexity index is 1500. The van der Waals surface area contributed by atoms with Gasteiger partial charge < -0.3 is 14.6 Å². The van der Waals surface area contributed by atoms with E-state index in [1.807, 2.05) is 13.0 Å². The van der Waals surface area contributed by atoms with Gasteiger partial charge in [0.25, 0.3) is 5.78 Å². The lowest BCUT2D eigenvalue weighted by atomic mass is 9.95. The van der Waals surface area contributed by atoms with Crippen LogP contribution >= 0.6 is 22.9 Å². The first-order valence-corrected chi connectivity index (χ1v) is 12.3. The molecule has 1 amide bonds. The lowest BCUT2D eigenvalue weighted by Crippen LogP contribution is -2.29. The highest BCUT2D eigenvalue weighted by Gasteiger charge is 2.48. The molecule has 1 N–H and O–H groups in total. The standard InChI is InChI=1S/C27H21ClN2O5S/c1-3-35-18-10-6-15(7-11-18)23-22(24(31)16-4-8-17(28)9-5-16)25(32)26(33)30(23)27-29-20-13-12-19(34-2)14-21(20)36-27/h4-14,23,31H,3H2,1-2H3/t23-/m1/s1. The minimum Gasteiger partial charge on any atom is -0.507 e. The van der Waals surface area contributed by atoms with Gasteiger partial charge in [-0.05, 0) is 67.1 Å². The number of methoxy groups -OCH3 is 1. The van der Waals surface area contributed by atoms with Gasteiger partial charge in [-0.15, -0.1) is 0 Å². The second-order valence-corrected chi connectivity index (χ2v) is 9.45. The van der Waals surface area contributed by atoms with Gasteiger partial charge in [-0.3, -0.25) is 14.5 Å². The van der Waals surface area contributed by atoms with Crippen molar-refractivity contribution in [2.24, 2.45) is 0 Å². The third-order valence-electron chi connectivity index (χ3n) is 5.86. The molecule has 0 saturated carbocycles. The molecule has 1 atom stereocenters. The van der Waals surface area contributed by atoms with E-state index in [4.69, 9.17) is 21.1 Å². The number of amides is 1. The smallest absolute Gasteiger partial charge is 0.301 e. The van der Waals surface area contributed by atoms with Crippen LogP contribution in [0.3, 0.4) is 0 Å². The second kappa shape index (κ2) is 9.64. The molecule has 1 aliphatic rings. The van der Waals surface area contributed by atoms with Crippen LogP contribution in [-0.4, -0.2) is 35.5 Å². The summed E-state index contributed by atoms with van der Waals surface area (Å²) < 4.78 is 11.7. The Balaban J connectivity index is 1.69. The van der Waals surface area contributed by atoms with E-state index in [1.165, 1.54) is 16.2 Å². The van der Waals surface area contributed by atoms with Gasteiger partial charge >= 0.3 is 5.91 Å². The predicted molar refractivity (Wildman–Crippen MR) is 140 cm³/mol. The predicted octanol–water partition coefficient (Wildman–Crippen LogP) is 5.98. The zero-order valence-electron chi connectivity index (χ0n) is 19.4. The number of Topliss-reactive ketones (excluding diaryl/α,β-unsaturated/α-hetero) is 1. The number of nitrogens with zero attached hydrogens (tertiary/aromatic N) is 2. The van der Waals surface area contributed by atoms with Crippen molar-refractivity contribution in [3.05, 3.63) is 88.5 Å². The molecule has 4 aromatic rings. The van der Waals surface area contributed by atoms with E-state index in [-0.39, 0.29) is 11.3 Å². The fraction of sp³-hybridized carbons (Fsp3) is 0.148. The van der Waals surface area contributed by atoms with Crippen LogP contribution in [0.1, 0.15) is 24.1 Å². The van der Waals surface area contributed by atoms with Crippen molar-refractivity contribution < 1.29 is 24.2 Å². The van der Waals surface area contributed by atoms with Gasteiger partial charge in [0, 0.05) is 10.6 Å². The van der Waals surface area contributed by atoms with E-state index in [2.05, 4.69) is 4.98 Å². The summed E-state index contributed by atoms with van der Waals surface area (Å²) in [7, 11) is 1.57. The SMILES string of the molecule is CCOc1ccc([C@@H]2C(=C(O)c3ccc(Cl)cc3)C(=O)C(=O)N2c2nc3ccc(OC)cc3s2)cc1. The number of fused-ring (bicyclic) bond motifs is 1. The van der Waals surface area contributed by atoms with Gasteiger partial charge in [-0.2, -0.15) is 0 Å². The quantitative estimate of drug-likeness (QED) is 0.191. The molecule has 36 heavy (non-hydrogen) atoms. The van der Waals surface area contributed by atoms with E-state index < -0.39 is 17.7 Å². The van der Waals surface area contributed by atoms with E-state index in [9.17, 15) is 14.7 Å². The van der Waals surface area contributed by atoms with E-state index in [0.29, 0.717) is 44.9 Å². The van der Waals surface area contributed by atoms with Crippen molar-refractivity contribution in [2.75, 3.05) is 18.6 Å². The number of benzene rings is 3. The normalized spacial score (nSPS) is 17.1. The molecule has 7 nitrogen and oxygen atoms in total.